The minimum Gasteiger partial charge on any atom is -0.445 e. The summed E-state index contributed by atoms with van der Waals surface area (Å²) in [5.41, 5.74) is 0.743. The number of hydrogen-bond acceptors (Lipinski definition) is 3. The molecule has 2 rings (SSSR count). The normalized spacial score (nSPS) is 20.4. The number of nitrogens with one attached hydrogen (secondary N) is 1. The van der Waals surface area contributed by atoms with Crippen molar-refractivity contribution in [2.75, 3.05) is 25.5 Å². The fourth-order valence-electron chi connectivity index (χ4n) is 2.05. The summed E-state index contributed by atoms with van der Waals surface area (Å²) in [7, 11) is 2.04. The highest BCUT2D eigenvalue weighted by atomic mass is 79.9. The number of halogens is 1. The first kappa shape index (κ1) is 13.4. The highest BCUT2D eigenvalue weighted by molar-refractivity contribution is 9.10. The van der Waals surface area contributed by atoms with Crippen LogP contribution in [0.25, 0.3) is 0 Å². The average Bonchev–Trinajstić information content (AvgIpc) is 2.32. The second kappa shape index (κ2) is 6.20. The molecule has 1 aliphatic heterocycles. The third-order valence-corrected chi connectivity index (χ3v) is 3.47. The van der Waals surface area contributed by atoms with E-state index in [0.717, 1.165) is 36.1 Å². The van der Waals surface area contributed by atoms with Crippen LogP contribution in [-0.2, 0) is 4.74 Å². The summed E-state index contributed by atoms with van der Waals surface area (Å²) in [6, 6.07) is 7.42. The summed E-state index contributed by atoms with van der Waals surface area (Å²) in [6.45, 7) is 1.89. The lowest BCUT2D eigenvalue weighted by atomic mass is 10.1. The number of rotatable bonds is 2. The van der Waals surface area contributed by atoms with Gasteiger partial charge in [0.2, 0.25) is 0 Å². The van der Waals surface area contributed by atoms with Gasteiger partial charge in [-0.05, 0) is 50.7 Å². The zero-order valence-corrected chi connectivity index (χ0v) is 11.9. The number of amides is 1. The smallest absolute Gasteiger partial charge is 0.411 e. The number of anilines is 1. The fourth-order valence-corrected chi connectivity index (χ4v) is 2.31. The molecular formula is C13H17BrN2O2. The monoisotopic (exact) mass is 312 g/mol. The first-order valence-electron chi connectivity index (χ1n) is 6.05. The third kappa shape index (κ3) is 3.99. The van der Waals surface area contributed by atoms with E-state index in [1.54, 1.807) is 0 Å². The molecule has 1 aromatic carbocycles. The molecule has 0 aliphatic carbocycles. The zero-order chi connectivity index (χ0) is 13.0. The van der Waals surface area contributed by atoms with Gasteiger partial charge in [0, 0.05) is 16.7 Å². The number of ether oxygens (including phenoxy) is 1. The van der Waals surface area contributed by atoms with Crippen LogP contribution in [-0.4, -0.2) is 37.2 Å². The zero-order valence-electron chi connectivity index (χ0n) is 10.4. The van der Waals surface area contributed by atoms with Gasteiger partial charge in [0.05, 0.1) is 0 Å². The van der Waals surface area contributed by atoms with Crippen LogP contribution in [0.1, 0.15) is 12.8 Å². The van der Waals surface area contributed by atoms with E-state index in [-0.39, 0.29) is 12.2 Å². The number of benzene rings is 1. The Balaban J connectivity index is 1.83. The fraction of sp³-hybridized carbons (Fsp3) is 0.462. The molecule has 1 atom stereocenters. The van der Waals surface area contributed by atoms with Crippen molar-refractivity contribution in [3.63, 3.8) is 0 Å². The Morgan fingerprint density at radius 1 is 1.44 bits per heavy atom. The molecule has 1 aromatic rings. The molecule has 1 amide bonds. The van der Waals surface area contributed by atoms with Crippen molar-refractivity contribution in [2.24, 2.45) is 0 Å². The van der Waals surface area contributed by atoms with Crippen molar-refractivity contribution < 1.29 is 9.53 Å². The van der Waals surface area contributed by atoms with E-state index in [2.05, 4.69) is 26.1 Å². The lowest BCUT2D eigenvalue weighted by Gasteiger charge is -2.29. The van der Waals surface area contributed by atoms with Gasteiger partial charge in [-0.1, -0.05) is 15.9 Å². The van der Waals surface area contributed by atoms with Crippen LogP contribution in [0.5, 0.6) is 0 Å². The van der Waals surface area contributed by atoms with Gasteiger partial charge >= 0.3 is 6.09 Å². The van der Waals surface area contributed by atoms with Gasteiger partial charge in [0.1, 0.15) is 6.10 Å². The molecule has 1 fully saturated rings. The molecule has 1 saturated heterocycles. The van der Waals surface area contributed by atoms with Crippen molar-refractivity contribution >= 4 is 27.7 Å². The maximum Gasteiger partial charge on any atom is 0.411 e. The SMILES string of the molecule is CN1CCCC(OC(=O)Nc2ccc(Br)cc2)C1. The summed E-state index contributed by atoms with van der Waals surface area (Å²) >= 11 is 3.35. The number of piperidine rings is 1. The molecule has 0 saturated carbocycles. The molecule has 0 spiro atoms. The second-order valence-corrected chi connectivity index (χ2v) is 5.48. The van der Waals surface area contributed by atoms with E-state index < -0.39 is 0 Å². The predicted molar refractivity (Wildman–Crippen MR) is 74.8 cm³/mol. The van der Waals surface area contributed by atoms with Crippen molar-refractivity contribution in [1.82, 2.24) is 4.90 Å². The molecule has 1 N–H and O–H groups in total. The van der Waals surface area contributed by atoms with Gasteiger partial charge in [-0.25, -0.2) is 4.79 Å². The van der Waals surface area contributed by atoms with E-state index in [1.165, 1.54) is 0 Å². The number of carbonyl (C=O) groups excluding carboxylic acids is 1. The molecule has 1 heterocycles. The van der Waals surface area contributed by atoms with Crippen molar-refractivity contribution in [2.45, 2.75) is 18.9 Å². The first-order valence-corrected chi connectivity index (χ1v) is 6.84. The van der Waals surface area contributed by atoms with Crippen molar-refractivity contribution in [1.29, 1.82) is 0 Å². The van der Waals surface area contributed by atoms with Gasteiger partial charge in [0.25, 0.3) is 0 Å². The quantitative estimate of drug-likeness (QED) is 0.912. The van der Waals surface area contributed by atoms with Crippen LogP contribution in [0, 0.1) is 0 Å². The number of carbonyl (C=O) groups is 1. The van der Waals surface area contributed by atoms with Gasteiger partial charge in [-0.3, -0.25) is 5.32 Å². The molecule has 5 heteroatoms. The Hall–Kier alpha value is -1.07. The second-order valence-electron chi connectivity index (χ2n) is 4.56. The summed E-state index contributed by atoms with van der Waals surface area (Å²) in [5.74, 6) is 0. The standard InChI is InChI=1S/C13H17BrN2O2/c1-16-8-2-3-12(9-16)18-13(17)15-11-6-4-10(14)5-7-11/h4-7,12H,2-3,8-9H2,1H3,(H,15,17). The minimum absolute atomic E-state index is 0.000742. The summed E-state index contributed by atoms with van der Waals surface area (Å²) in [6.07, 6.45) is 1.64. The van der Waals surface area contributed by atoms with Gasteiger partial charge < -0.3 is 9.64 Å². The predicted octanol–water partition coefficient (Wildman–Crippen LogP) is 3.09. The molecule has 1 aliphatic rings. The van der Waals surface area contributed by atoms with Gasteiger partial charge in [-0.15, -0.1) is 0 Å². The Kier molecular flexibility index (Phi) is 4.60. The summed E-state index contributed by atoms with van der Waals surface area (Å²) in [4.78, 5) is 13.9. The van der Waals surface area contributed by atoms with Crippen LogP contribution in [0.4, 0.5) is 10.5 Å². The lowest BCUT2D eigenvalue weighted by molar-refractivity contribution is 0.0593. The van der Waals surface area contributed by atoms with Crippen LogP contribution in [0.3, 0.4) is 0 Å². The molecule has 4 nitrogen and oxygen atoms in total. The number of hydrogen-bond donors (Lipinski definition) is 1. The van der Waals surface area contributed by atoms with E-state index in [4.69, 9.17) is 4.74 Å². The Bertz CT molecular complexity index is 408. The number of likely N-dealkylation sites (tertiary alicyclic amines) is 1. The molecule has 0 radical (unpaired) electrons. The number of likely N-dealkylation sites (N-methyl/N-ethyl adjacent to an activating group) is 1. The lowest BCUT2D eigenvalue weighted by Crippen LogP contribution is -2.38. The Morgan fingerprint density at radius 3 is 2.83 bits per heavy atom. The van der Waals surface area contributed by atoms with E-state index in [0.29, 0.717) is 0 Å². The largest absolute Gasteiger partial charge is 0.445 e. The summed E-state index contributed by atoms with van der Waals surface area (Å²) < 4.78 is 6.37. The molecule has 0 aromatic heterocycles. The topological polar surface area (TPSA) is 41.6 Å². The Morgan fingerprint density at radius 2 is 2.17 bits per heavy atom. The van der Waals surface area contributed by atoms with Crippen LogP contribution in [0.2, 0.25) is 0 Å². The molecule has 18 heavy (non-hydrogen) atoms. The summed E-state index contributed by atoms with van der Waals surface area (Å²) in [5, 5.41) is 2.73. The van der Waals surface area contributed by atoms with Crippen molar-refractivity contribution in [3.8, 4) is 0 Å². The maximum absolute atomic E-state index is 11.7. The van der Waals surface area contributed by atoms with E-state index >= 15 is 0 Å². The first-order chi connectivity index (χ1) is 8.63. The molecule has 98 valence electrons. The molecular weight excluding hydrogens is 296 g/mol. The third-order valence-electron chi connectivity index (χ3n) is 2.95. The van der Waals surface area contributed by atoms with E-state index in [1.807, 2.05) is 31.3 Å². The molecule has 0 bridgehead atoms. The Labute approximate surface area is 115 Å². The minimum atomic E-state index is -0.377. The van der Waals surface area contributed by atoms with Crippen molar-refractivity contribution in [3.05, 3.63) is 28.7 Å². The van der Waals surface area contributed by atoms with Crippen LogP contribution < -0.4 is 5.32 Å². The van der Waals surface area contributed by atoms with Crippen LogP contribution in [0.15, 0.2) is 28.7 Å². The van der Waals surface area contributed by atoms with Crippen LogP contribution >= 0.6 is 15.9 Å². The number of nitrogens with zero attached hydrogens (tertiary/aromatic N) is 1. The van der Waals surface area contributed by atoms with Gasteiger partial charge in [-0.2, -0.15) is 0 Å². The molecule has 1 unspecified atom stereocenters. The highest BCUT2D eigenvalue weighted by Crippen LogP contribution is 2.16. The highest BCUT2D eigenvalue weighted by Gasteiger charge is 2.20. The van der Waals surface area contributed by atoms with Gasteiger partial charge in [0.15, 0.2) is 0 Å². The maximum atomic E-state index is 11.7. The average molecular weight is 313 g/mol. The van der Waals surface area contributed by atoms with E-state index in [9.17, 15) is 4.79 Å².